The maximum Gasteiger partial charge on any atom is 0.148 e. The number of rotatable bonds is 3. The second-order valence-electron chi connectivity index (χ2n) is 3.57. The van der Waals surface area contributed by atoms with Crippen molar-refractivity contribution in [2.45, 2.75) is 19.9 Å². The van der Waals surface area contributed by atoms with E-state index >= 15 is 0 Å². The zero-order valence-electron chi connectivity index (χ0n) is 9.09. The number of hydrogen-bond donors (Lipinski definition) is 3. The van der Waals surface area contributed by atoms with Gasteiger partial charge in [0.2, 0.25) is 0 Å². The van der Waals surface area contributed by atoms with E-state index < -0.39 is 0 Å². The monoisotopic (exact) mass is 221 g/mol. The molecule has 0 spiro atoms. The lowest BCUT2D eigenvalue weighted by Crippen LogP contribution is -2.43. The number of aryl methyl sites for hydroxylation is 2. The summed E-state index contributed by atoms with van der Waals surface area (Å²) < 4.78 is 2.06. The average molecular weight is 221 g/mol. The standard InChI is InChI=1S/C9H15N7/c1-7-12-3-5-15(7)4-2-8-6-9(10)14-16(11)13-8/h3,5-6,13H,2,4,11H2,1H3,(H2,10,14). The quantitative estimate of drug-likeness (QED) is 0.594. The van der Waals surface area contributed by atoms with Crippen molar-refractivity contribution in [3.05, 3.63) is 30.0 Å². The molecule has 2 rings (SSSR count). The summed E-state index contributed by atoms with van der Waals surface area (Å²) in [6, 6.07) is 0. The van der Waals surface area contributed by atoms with Crippen LogP contribution in [-0.2, 0) is 6.54 Å². The molecule has 1 aromatic rings. The van der Waals surface area contributed by atoms with E-state index in [0.717, 1.165) is 29.7 Å². The molecule has 0 saturated carbocycles. The van der Waals surface area contributed by atoms with E-state index in [2.05, 4.69) is 20.1 Å². The molecule has 16 heavy (non-hydrogen) atoms. The molecule has 7 heteroatoms. The Labute approximate surface area is 93.4 Å². The Morgan fingerprint density at radius 3 is 2.94 bits per heavy atom. The first-order valence-corrected chi connectivity index (χ1v) is 4.99. The highest BCUT2D eigenvalue weighted by molar-refractivity contribution is 5.92. The van der Waals surface area contributed by atoms with Crippen molar-refractivity contribution in [2.75, 3.05) is 0 Å². The fraction of sp³-hybridized carbons (Fsp3) is 0.333. The van der Waals surface area contributed by atoms with Gasteiger partial charge in [0.1, 0.15) is 11.7 Å². The fourth-order valence-corrected chi connectivity index (χ4v) is 1.55. The number of nitrogens with zero attached hydrogens (tertiary/aromatic N) is 4. The van der Waals surface area contributed by atoms with Crippen molar-refractivity contribution in [1.82, 2.24) is 20.2 Å². The molecule has 0 aromatic carbocycles. The summed E-state index contributed by atoms with van der Waals surface area (Å²) in [5.74, 6) is 6.88. The summed E-state index contributed by atoms with van der Waals surface area (Å²) in [6.45, 7) is 2.79. The molecular weight excluding hydrogens is 206 g/mol. The van der Waals surface area contributed by atoms with Gasteiger partial charge < -0.3 is 10.3 Å². The number of hydrazine groups is 2. The maximum atomic E-state index is 5.59. The number of allylic oxidation sites excluding steroid dienone is 1. The Morgan fingerprint density at radius 1 is 1.50 bits per heavy atom. The largest absolute Gasteiger partial charge is 0.382 e. The Kier molecular flexibility index (Phi) is 2.78. The van der Waals surface area contributed by atoms with Crippen LogP contribution in [0.15, 0.2) is 29.3 Å². The molecule has 0 bridgehead atoms. The Hall–Kier alpha value is -2.02. The molecule has 86 valence electrons. The number of nitrogens with two attached hydrogens (primary N) is 2. The van der Waals surface area contributed by atoms with Crippen LogP contribution in [-0.4, -0.2) is 20.6 Å². The number of imidazole rings is 1. The molecule has 0 aliphatic carbocycles. The Morgan fingerprint density at radius 2 is 2.31 bits per heavy atom. The van der Waals surface area contributed by atoms with Gasteiger partial charge in [0.15, 0.2) is 0 Å². The van der Waals surface area contributed by atoms with Crippen LogP contribution >= 0.6 is 0 Å². The van der Waals surface area contributed by atoms with Crippen molar-refractivity contribution < 1.29 is 0 Å². The van der Waals surface area contributed by atoms with Crippen molar-refractivity contribution >= 4 is 5.84 Å². The molecule has 2 heterocycles. The van der Waals surface area contributed by atoms with Gasteiger partial charge in [-0.05, 0) is 6.92 Å². The lowest BCUT2D eigenvalue weighted by atomic mass is 10.3. The van der Waals surface area contributed by atoms with Crippen LogP contribution in [0.4, 0.5) is 0 Å². The average Bonchev–Trinajstić information content (AvgIpc) is 2.59. The first kappa shape index (κ1) is 10.5. The van der Waals surface area contributed by atoms with E-state index in [0.29, 0.717) is 5.84 Å². The third kappa shape index (κ3) is 2.31. The molecule has 5 N–H and O–H groups in total. The third-order valence-corrected chi connectivity index (χ3v) is 2.35. The molecule has 1 aliphatic rings. The molecule has 0 saturated heterocycles. The third-order valence-electron chi connectivity index (χ3n) is 2.35. The van der Waals surface area contributed by atoms with E-state index in [9.17, 15) is 0 Å². The van der Waals surface area contributed by atoms with Gasteiger partial charge in [0, 0.05) is 37.1 Å². The van der Waals surface area contributed by atoms with Crippen molar-refractivity contribution in [3.63, 3.8) is 0 Å². The number of aromatic nitrogens is 2. The second-order valence-corrected chi connectivity index (χ2v) is 3.57. The minimum Gasteiger partial charge on any atom is -0.382 e. The van der Waals surface area contributed by atoms with Crippen molar-refractivity contribution in [3.8, 4) is 0 Å². The van der Waals surface area contributed by atoms with E-state index in [1.165, 1.54) is 0 Å². The van der Waals surface area contributed by atoms with Gasteiger partial charge in [-0.1, -0.05) is 0 Å². The van der Waals surface area contributed by atoms with Crippen molar-refractivity contribution in [2.24, 2.45) is 16.7 Å². The van der Waals surface area contributed by atoms with Crippen molar-refractivity contribution in [1.29, 1.82) is 0 Å². The molecule has 0 amide bonds. The summed E-state index contributed by atoms with van der Waals surface area (Å²) in [5, 5.41) is 4.91. The molecule has 0 unspecified atom stereocenters. The van der Waals surface area contributed by atoms with Gasteiger partial charge in [-0.25, -0.2) is 10.8 Å². The lowest BCUT2D eigenvalue weighted by molar-refractivity contribution is 0.220. The van der Waals surface area contributed by atoms with Crippen LogP contribution in [0.2, 0.25) is 0 Å². The van der Waals surface area contributed by atoms with E-state index in [1.807, 2.05) is 13.1 Å². The number of hydrogen-bond acceptors (Lipinski definition) is 6. The van der Waals surface area contributed by atoms with E-state index in [4.69, 9.17) is 11.6 Å². The summed E-state index contributed by atoms with van der Waals surface area (Å²) in [6.07, 6.45) is 6.29. The molecule has 0 radical (unpaired) electrons. The molecule has 0 atom stereocenters. The molecule has 0 fully saturated rings. The number of hydrazone groups is 1. The first-order chi connectivity index (χ1) is 7.65. The van der Waals surface area contributed by atoms with Gasteiger partial charge in [-0.3, -0.25) is 5.43 Å². The highest BCUT2D eigenvalue weighted by Crippen LogP contribution is 2.06. The minimum absolute atomic E-state index is 0.401. The van der Waals surface area contributed by atoms with Gasteiger partial charge in [-0.15, -0.1) is 10.3 Å². The van der Waals surface area contributed by atoms with Gasteiger partial charge in [0.05, 0.1) is 0 Å². The second kappa shape index (κ2) is 4.23. The highest BCUT2D eigenvalue weighted by atomic mass is 15.8. The zero-order chi connectivity index (χ0) is 11.5. The van der Waals surface area contributed by atoms with Crippen LogP contribution in [0.25, 0.3) is 0 Å². The Bertz CT molecular complexity index is 431. The van der Waals surface area contributed by atoms with Crippen LogP contribution in [0, 0.1) is 6.92 Å². The minimum atomic E-state index is 0.401. The topological polar surface area (TPSA) is 97.5 Å². The highest BCUT2D eigenvalue weighted by Gasteiger charge is 2.08. The van der Waals surface area contributed by atoms with E-state index in [-0.39, 0.29) is 0 Å². The van der Waals surface area contributed by atoms with Crippen LogP contribution < -0.4 is 17.0 Å². The summed E-state index contributed by atoms with van der Waals surface area (Å²) in [4.78, 5) is 4.15. The zero-order valence-corrected chi connectivity index (χ0v) is 9.09. The van der Waals surface area contributed by atoms with Crippen LogP contribution in [0.1, 0.15) is 12.2 Å². The molecule has 7 nitrogen and oxygen atoms in total. The first-order valence-electron chi connectivity index (χ1n) is 4.99. The van der Waals surface area contributed by atoms with Crippen LogP contribution in [0.3, 0.4) is 0 Å². The summed E-state index contributed by atoms with van der Waals surface area (Å²) in [7, 11) is 0. The normalized spacial score (nSPS) is 15.5. The summed E-state index contributed by atoms with van der Waals surface area (Å²) >= 11 is 0. The van der Waals surface area contributed by atoms with Gasteiger partial charge in [0.25, 0.3) is 0 Å². The summed E-state index contributed by atoms with van der Waals surface area (Å²) in [5.41, 5.74) is 9.42. The molecular formula is C9H15N7. The smallest absolute Gasteiger partial charge is 0.148 e. The van der Waals surface area contributed by atoms with E-state index in [1.54, 1.807) is 12.3 Å². The predicted octanol–water partition coefficient (Wildman–Crippen LogP) is -0.568. The van der Waals surface area contributed by atoms with Crippen LogP contribution in [0.5, 0.6) is 0 Å². The fourth-order valence-electron chi connectivity index (χ4n) is 1.55. The van der Waals surface area contributed by atoms with Gasteiger partial charge in [-0.2, -0.15) is 0 Å². The molecule has 1 aromatic heterocycles. The number of nitrogens with one attached hydrogen (secondary N) is 1. The number of amidine groups is 1. The maximum absolute atomic E-state index is 5.59. The van der Waals surface area contributed by atoms with Gasteiger partial charge >= 0.3 is 0 Å². The Balaban J connectivity index is 1.96. The predicted molar refractivity (Wildman–Crippen MR) is 60.4 cm³/mol. The lowest BCUT2D eigenvalue weighted by Gasteiger charge is -2.21. The SMILES string of the molecule is Cc1nccn1CCC1=CC(N)=NN(N)N1. The molecule has 1 aliphatic heterocycles.